The van der Waals surface area contributed by atoms with E-state index in [1.54, 1.807) is 48.5 Å². The summed E-state index contributed by atoms with van der Waals surface area (Å²) >= 11 is 11.1. The summed E-state index contributed by atoms with van der Waals surface area (Å²) in [4.78, 5) is 27.4. The van der Waals surface area contributed by atoms with Gasteiger partial charge in [0.25, 0.3) is 11.1 Å². The molecule has 0 atom stereocenters. The van der Waals surface area contributed by atoms with Crippen LogP contribution in [0.4, 0.5) is 0 Å². The van der Waals surface area contributed by atoms with Crippen LogP contribution in [0.5, 0.6) is 0 Å². The van der Waals surface area contributed by atoms with Crippen LogP contribution in [0, 0.1) is 4.77 Å². The second-order valence-electron chi connectivity index (χ2n) is 4.43. The molecule has 1 N–H and O–H groups in total. The quantitative estimate of drug-likeness (QED) is 0.702. The van der Waals surface area contributed by atoms with E-state index in [0.717, 1.165) is 0 Å². The molecular formula is C15H9ClN2O2S. The van der Waals surface area contributed by atoms with E-state index in [-0.39, 0.29) is 10.3 Å². The maximum absolute atomic E-state index is 12.7. The first-order valence-corrected chi connectivity index (χ1v) is 6.91. The van der Waals surface area contributed by atoms with E-state index in [2.05, 4.69) is 4.98 Å². The zero-order chi connectivity index (χ0) is 15.0. The Kier molecular flexibility index (Phi) is 3.45. The van der Waals surface area contributed by atoms with Crippen LogP contribution in [0.1, 0.15) is 0 Å². The smallest absolute Gasteiger partial charge is 0.265 e. The lowest BCUT2D eigenvalue weighted by atomic mass is 10.2. The monoisotopic (exact) mass is 316 g/mol. The molecule has 0 aliphatic heterocycles. The highest BCUT2D eigenvalue weighted by Gasteiger charge is 2.07. The lowest BCUT2D eigenvalue weighted by Gasteiger charge is -2.03. The number of nitrogens with zero attached hydrogens (tertiary/aromatic N) is 1. The van der Waals surface area contributed by atoms with Gasteiger partial charge >= 0.3 is 0 Å². The Morgan fingerprint density at radius 1 is 1.00 bits per heavy atom. The molecule has 6 heteroatoms. The highest BCUT2D eigenvalue weighted by Crippen LogP contribution is 2.14. The van der Waals surface area contributed by atoms with Gasteiger partial charge in [0.1, 0.15) is 0 Å². The fraction of sp³-hybridized carbons (Fsp3) is 0. The van der Waals surface area contributed by atoms with Crippen LogP contribution >= 0.6 is 23.8 Å². The maximum atomic E-state index is 12.7. The molecule has 0 aliphatic carbocycles. The topological polar surface area (TPSA) is 54.9 Å². The van der Waals surface area contributed by atoms with Gasteiger partial charge in [-0.25, -0.2) is 0 Å². The Bertz CT molecular complexity index is 1020. The van der Waals surface area contributed by atoms with Crippen molar-refractivity contribution in [1.29, 1.82) is 0 Å². The molecule has 0 bridgehead atoms. The number of benzene rings is 2. The molecule has 21 heavy (non-hydrogen) atoms. The molecule has 0 unspecified atom stereocenters. The van der Waals surface area contributed by atoms with Crippen molar-refractivity contribution in [3.63, 3.8) is 0 Å². The van der Waals surface area contributed by atoms with Crippen molar-refractivity contribution >= 4 is 34.6 Å². The number of nitrogens with one attached hydrogen (secondary N) is 1. The Morgan fingerprint density at radius 2 is 1.71 bits per heavy atom. The fourth-order valence-corrected chi connectivity index (χ4v) is 2.62. The highest BCUT2D eigenvalue weighted by atomic mass is 35.5. The largest absolute Gasteiger partial charge is 0.298 e. The highest BCUT2D eigenvalue weighted by molar-refractivity contribution is 7.71. The van der Waals surface area contributed by atoms with E-state index >= 15 is 0 Å². The number of hydrogen-bond acceptors (Lipinski definition) is 3. The van der Waals surface area contributed by atoms with Crippen LogP contribution in [0.15, 0.2) is 58.1 Å². The molecule has 104 valence electrons. The second kappa shape index (κ2) is 5.27. The van der Waals surface area contributed by atoms with Crippen molar-refractivity contribution < 1.29 is 0 Å². The predicted molar refractivity (Wildman–Crippen MR) is 86.0 cm³/mol. The Morgan fingerprint density at radius 3 is 2.43 bits per heavy atom. The molecule has 2 aromatic carbocycles. The van der Waals surface area contributed by atoms with E-state index in [1.165, 1.54) is 4.57 Å². The number of hydrogen-bond donors (Lipinski definition) is 1. The molecule has 0 fully saturated rings. The van der Waals surface area contributed by atoms with Crippen molar-refractivity contribution in [2.45, 2.75) is 0 Å². The van der Waals surface area contributed by atoms with Gasteiger partial charge in [0, 0.05) is 5.02 Å². The number of H-pyrrole nitrogens is 1. The SMILES string of the molecule is O=c1[nH]c(=S)n(-c2cccc(Cl)c2)c(=O)c2ccccc12. The van der Waals surface area contributed by atoms with Gasteiger partial charge in [0.2, 0.25) is 0 Å². The van der Waals surface area contributed by atoms with Gasteiger partial charge in [0.15, 0.2) is 4.77 Å². The van der Waals surface area contributed by atoms with Gasteiger partial charge in [0.05, 0.1) is 16.5 Å². The van der Waals surface area contributed by atoms with Crippen molar-refractivity contribution in [2.75, 3.05) is 0 Å². The molecule has 0 saturated carbocycles. The molecule has 3 rings (SSSR count). The van der Waals surface area contributed by atoms with Gasteiger partial charge < -0.3 is 0 Å². The number of halogens is 1. The summed E-state index contributed by atoms with van der Waals surface area (Å²) in [6.45, 7) is 0. The summed E-state index contributed by atoms with van der Waals surface area (Å²) in [5.74, 6) is 0. The van der Waals surface area contributed by atoms with E-state index in [0.29, 0.717) is 21.5 Å². The maximum Gasteiger partial charge on any atom is 0.265 e. The van der Waals surface area contributed by atoms with Crippen LogP contribution in [-0.2, 0) is 0 Å². The van der Waals surface area contributed by atoms with Crippen LogP contribution < -0.4 is 11.1 Å². The van der Waals surface area contributed by atoms with Gasteiger partial charge in [-0.05, 0) is 42.5 Å². The molecule has 1 heterocycles. The van der Waals surface area contributed by atoms with Gasteiger partial charge in [-0.3, -0.25) is 19.1 Å². The Hall–Kier alpha value is -2.24. The number of rotatable bonds is 1. The molecule has 0 spiro atoms. The standard InChI is InChI=1S/C15H9ClN2O2S/c16-9-4-3-5-10(8-9)18-14(20)12-7-2-1-6-11(12)13(19)17-15(18)21/h1-8H,(H,17,19,21). The lowest BCUT2D eigenvalue weighted by Crippen LogP contribution is -2.16. The first-order valence-electron chi connectivity index (χ1n) is 6.12. The molecule has 0 radical (unpaired) electrons. The average Bonchev–Trinajstić information content (AvgIpc) is 2.55. The molecule has 0 aliphatic rings. The molecule has 0 amide bonds. The van der Waals surface area contributed by atoms with E-state index < -0.39 is 5.56 Å². The molecule has 1 aromatic heterocycles. The number of aromatic nitrogens is 2. The van der Waals surface area contributed by atoms with Crippen LogP contribution in [0.25, 0.3) is 16.5 Å². The van der Waals surface area contributed by atoms with Crippen molar-refractivity contribution in [3.05, 3.63) is 79.0 Å². The fourth-order valence-electron chi connectivity index (χ4n) is 2.15. The summed E-state index contributed by atoms with van der Waals surface area (Å²) < 4.78 is 1.30. The molecule has 0 saturated heterocycles. The van der Waals surface area contributed by atoms with Crippen molar-refractivity contribution in [1.82, 2.24) is 9.55 Å². The summed E-state index contributed by atoms with van der Waals surface area (Å²) in [5, 5.41) is 1.08. The molecule has 4 nitrogen and oxygen atoms in total. The van der Waals surface area contributed by atoms with Crippen LogP contribution in [0.3, 0.4) is 0 Å². The lowest BCUT2D eigenvalue weighted by molar-refractivity contribution is 0.943. The third-order valence-corrected chi connectivity index (χ3v) is 3.61. The number of aromatic amines is 1. The third kappa shape index (κ3) is 2.41. The first kappa shape index (κ1) is 13.7. The average molecular weight is 317 g/mol. The van der Waals surface area contributed by atoms with Crippen LogP contribution in [0.2, 0.25) is 5.02 Å². The molecular weight excluding hydrogens is 308 g/mol. The number of fused-ring (bicyclic) bond motifs is 1. The zero-order valence-electron chi connectivity index (χ0n) is 10.7. The summed E-state index contributed by atoms with van der Waals surface area (Å²) in [5.41, 5.74) is -0.251. The summed E-state index contributed by atoms with van der Waals surface area (Å²) in [6, 6.07) is 13.3. The van der Waals surface area contributed by atoms with Gasteiger partial charge in [-0.1, -0.05) is 29.8 Å². The van der Waals surface area contributed by atoms with Crippen LogP contribution in [-0.4, -0.2) is 9.55 Å². The van der Waals surface area contributed by atoms with E-state index in [4.69, 9.17) is 23.8 Å². The Labute approximate surface area is 129 Å². The minimum absolute atomic E-state index is 0.0310. The third-order valence-electron chi connectivity index (χ3n) is 3.10. The molecule has 3 aromatic rings. The minimum atomic E-state index is -0.395. The first-order chi connectivity index (χ1) is 10.1. The minimum Gasteiger partial charge on any atom is -0.298 e. The normalized spacial score (nSPS) is 10.7. The van der Waals surface area contributed by atoms with E-state index in [9.17, 15) is 9.59 Å². The second-order valence-corrected chi connectivity index (χ2v) is 5.25. The predicted octanol–water partition coefficient (Wildman–Crippen LogP) is 3.06. The Balaban J connectivity index is 2.57. The zero-order valence-corrected chi connectivity index (χ0v) is 12.2. The van der Waals surface area contributed by atoms with E-state index in [1.807, 2.05) is 0 Å². The van der Waals surface area contributed by atoms with Crippen molar-refractivity contribution in [2.24, 2.45) is 0 Å². The summed E-state index contributed by atoms with van der Waals surface area (Å²) in [7, 11) is 0. The van der Waals surface area contributed by atoms with Gasteiger partial charge in [-0.2, -0.15) is 0 Å². The van der Waals surface area contributed by atoms with Crippen molar-refractivity contribution in [3.8, 4) is 5.69 Å². The summed E-state index contributed by atoms with van der Waals surface area (Å²) in [6.07, 6.45) is 0. The van der Waals surface area contributed by atoms with Gasteiger partial charge in [-0.15, -0.1) is 0 Å².